The largest absolute Gasteiger partial charge is 0.466 e. The number of esters is 1. The van der Waals surface area contributed by atoms with Crippen LogP contribution in [0.25, 0.3) is 0 Å². The molecule has 2 N–H and O–H groups in total. The SMILES string of the molecule is CCOC(=O)CCCCCSC(C)CCN. The Labute approximate surface area is 103 Å². The van der Waals surface area contributed by atoms with Gasteiger partial charge in [-0.2, -0.15) is 11.8 Å². The summed E-state index contributed by atoms with van der Waals surface area (Å²) in [5.41, 5.74) is 5.48. The molecule has 0 fully saturated rings. The molecule has 0 saturated carbocycles. The molecule has 0 aromatic heterocycles. The molecule has 4 heteroatoms. The Hall–Kier alpha value is -0.220. The molecule has 96 valence electrons. The highest BCUT2D eigenvalue weighted by atomic mass is 32.2. The van der Waals surface area contributed by atoms with Crippen LogP contribution in [0.4, 0.5) is 0 Å². The first kappa shape index (κ1) is 15.8. The summed E-state index contributed by atoms with van der Waals surface area (Å²) >= 11 is 1.97. The lowest BCUT2D eigenvalue weighted by Crippen LogP contribution is -2.07. The van der Waals surface area contributed by atoms with Crippen LogP contribution in [0.3, 0.4) is 0 Å². The van der Waals surface area contributed by atoms with Crippen molar-refractivity contribution in [2.45, 2.75) is 51.2 Å². The Bertz CT molecular complexity index is 176. The Morgan fingerprint density at radius 1 is 1.38 bits per heavy atom. The van der Waals surface area contributed by atoms with E-state index >= 15 is 0 Å². The standard InChI is InChI=1S/C12H25NO2S/c1-3-15-12(14)7-5-4-6-10-16-11(2)8-9-13/h11H,3-10,13H2,1-2H3. The van der Waals surface area contributed by atoms with E-state index in [9.17, 15) is 4.79 Å². The summed E-state index contributed by atoms with van der Waals surface area (Å²) in [6.07, 6.45) is 4.90. The van der Waals surface area contributed by atoms with Gasteiger partial charge in [-0.1, -0.05) is 13.3 Å². The zero-order chi connectivity index (χ0) is 12.2. The molecule has 1 unspecified atom stereocenters. The average molecular weight is 247 g/mol. The summed E-state index contributed by atoms with van der Waals surface area (Å²) in [6.45, 7) is 5.33. The van der Waals surface area contributed by atoms with Crippen LogP contribution >= 0.6 is 11.8 Å². The predicted molar refractivity (Wildman–Crippen MR) is 70.7 cm³/mol. The number of hydrogen-bond acceptors (Lipinski definition) is 4. The molecule has 0 heterocycles. The van der Waals surface area contributed by atoms with Gasteiger partial charge in [0.2, 0.25) is 0 Å². The fourth-order valence-electron chi connectivity index (χ4n) is 1.38. The van der Waals surface area contributed by atoms with E-state index < -0.39 is 0 Å². The second-order valence-electron chi connectivity index (χ2n) is 3.87. The minimum Gasteiger partial charge on any atom is -0.466 e. The second kappa shape index (κ2) is 11.3. The van der Waals surface area contributed by atoms with Gasteiger partial charge in [0.15, 0.2) is 0 Å². The number of thioether (sulfide) groups is 1. The zero-order valence-corrected chi connectivity index (χ0v) is 11.4. The summed E-state index contributed by atoms with van der Waals surface area (Å²) < 4.78 is 4.86. The molecule has 0 radical (unpaired) electrons. The van der Waals surface area contributed by atoms with E-state index in [1.165, 1.54) is 12.2 Å². The van der Waals surface area contributed by atoms with E-state index in [1.807, 2.05) is 18.7 Å². The zero-order valence-electron chi connectivity index (χ0n) is 10.5. The van der Waals surface area contributed by atoms with Gasteiger partial charge in [0, 0.05) is 11.7 Å². The molecule has 0 amide bonds. The normalized spacial score (nSPS) is 12.4. The summed E-state index contributed by atoms with van der Waals surface area (Å²) in [5.74, 6) is 1.11. The number of carbonyl (C=O) groups excluding carboxylic acids is 1. The number of ether oxygens (including phenoxy) is 1. The van der Waals surface area contributed by atoms with Gasteiger partial charge in [0.05, 0.1) is 6.61 Å². The third kappa shape index (κ3) is 10.3. The van der Waals surface area contributed by atoms with Crippen LogP contribution in [0, 0.1) is 0 Å². The van der Waals surface area contributed by atoms with Gasteiger partial charge in [-0.3, -0.25) is 4.79 Å². The second-order valence-corrected chi connectivity index (χ2v) is 5.42. The molecule has 0 saturated heterocycles. The molecule has 0 aliphatic rings. The monoisotopic (exact) mass is 247 g/mol. The highest BCUT2D eigenvalue weighted by Gasteiger charge is 2.02. The highest BCUT2D eigenvalue weighted by molar-refractivity contribution is 7.99. The van der Waals surface area contributed by atoms with E-state index in [-0.39, 0.29) is 5.97 Å². The molecule has 0 rings (SSSR count). The van der Waals surface area contributed by atoms with E-state index in [0.717, 1.165) is 25.8 Å². The van der Waals surface area contributed by atoms with E-state index in [2.05, 4.69) is 6.92 Å². The van der Waals surface area contributed by atoms with Crippen LogP contribution in [-0.4, -0.2) is 30.1 Å². The topological polar surface area (TPSA) is 52.3 Å². The Balaban J connectivity index is 3.18. The maximum absolute atomic E-state index is 11.0. The van der Waals surface area contributed by atoms with Crippen LogP contribution in [-0.2, 0) is 9.53 Å². The van der Waals surface area contributed by atoms with E-state index in [1.54, 1.807) is 0 Å². The maximum Gasteiger partial charge on any atom is 0.305 e. The van der Waals surface area contributed by atoms with Crippen molar-refractivity contribution in [1.82, 2.24) is 0 Å². The summed E-state index contributed by atoms with van der Waals surface area (Å²) in [7, 11) is 0. The third-order valence-corrected chi connectivity index (χ3v) is 3.64. The molecule has 0 aromatic rings. The fourth-order valence-corrected chi connectivity index (χ4v) is 2.46. The molecule has 0 aromatic carbocycles. The van der Waals surface area contributed by atoms with E-state index in [0.29, 0.717) is 18.3 Å². The van der Waals surface area contributed by atoms with Gasteiger partial charge in [-0.05, 0) is 38.5 Å². The van der Waals surface area contributed by atoms with Crippen molar-refractivity contribution >= 4 is 17.7 Å². The van der Waals surface area contributed by atoms with Gasteiger partial charge < -0.3 is 10.5 Å². The van der Waals surface area contributed by atoms with Crippen molar-refractivity contribution in [2.24, 2.45) is 5.73 Å². The first-order valence-corrected chi connectivity index (χ1v) is 7.22. The number of rotatable bonds is 10. The smallest absolute Gasteiger partial charge is 0.305 e. The molecule has 16 heavy (non-hydrogen) atoms. The average Bonchev–Trinajstić information content (AvgIpc) is 2.24. The fraction of sp³-hybridized carbons (Fsp3) is 0.917. The number of hydrogen-bond donors (Lipinski definition) is 1. The summed E-state index contributed by atoms with van der Waals surface area (Å²) in [6, 6.07) is 0. The van der Waals surface area contributed by atoms with Gasteiger partial charge in [-0.15, -0.1) is 0 Å². The minimum atomic E-state index is -0.0633. The van der Waals surface area contributed by atoms with Crippen LogP contribution < -0.4 is 5.73 Å². The van der Waals surface area contributed by atoms with Crippen LogP contribution in [0.1, 0.15) is 46.0 Å². The molecule has 0 aliphatic heterocycles. The van der Waals surface area contributed by atoms with Gasteiger partial charge in [0.1, 0.15) is 0 Å². The Morgan fingerprint density at radius 2 is 2.12 bits per heavy atom. The third-order valence-electron chi connectivity index (χ3n) is 2.31. The lowest BCUT2D eigenvalue weighted by Gasteiger charge is -2.08. The van der Waals surface area contributed by atoms with Crippen molar-refractivity contribution in [1.29, 1.82) is 0 Å². The molecular weight excluding hydrogens is 222 g/mol. The first-order chi connectivity index (χ1) is 7.70. The minimum absolute atomic E-state index is 0.0633. The molecule has 0 bridgehead atoms. The number of unbranched alkanes of at least 4 members (excludes halogenated alkanes) is 2. The van der Waals surface area contributed by atoms with E-state index in [4.69, 9.17) is 10.5 Å². The highest BCUT2D eigenvalue weighted by Crippen LogP contribution is 2.16. The summed E-state index contributed by atoms with van der Waals surface area (Å²) in [5, 5.41) is 0.662. The summed E-state index contributed by atoms with van der Waals surface area (Å²) in [4.78, 5) is 11.0. The molecule has 1 atom stereocenters. The maximum atomic E-state index is 11.0. The van der Waals surface area contributed by atoms with Crippen LogP contribution in [0.2, 0.25) is 0 Å². The molecule has 0 aliphatic carbocycles. The van der Waals surface area contributed by atoms with Crippen molar-refractivity contribution < 1.29 is 9.53 Å². The van der Waals surface area contributed by atoms with Crippen molar-refractivity contribution in [3.05, 3.63) is 0 Å². The lowest BCUT2D eigenvalue weighted by atomic mass is 10.2. The number of nitrogens with two attached hydrogens (primary N) is 1. The van der Waals surface area contributed by atoms with Gasteiger partial charge in [-0.25, -0.2) is 0 Å². The number of carbonyl (C=O) groups is 1. The van der Waals surface area contributed by atoms with Crippen molar-refractivity contribution in [2.75, 3.05) is 18.9 Å². The van der Waals surface area contributed by atoms with Crippen LogP contribution in [0.5, 0.6) is 0 Å². The molecular formula is C12H25NO2S. The predicted octanol–water partition coefficient (Wildman–Crippen LogP) is 2.58. The first-order valence-electron chi connectivity index (χ1n) is 6.18. The van der Waals surface area contributed by atoms with Gasteiger partial charge >= 0.3 is 5.97 Å². The van der Waals surface area contributed by atoms with Crippen LogP contribution in [0.15, 0.2) is 0 Å². The molecule has 3 nitrogen and oxygen atoms in total. The molecule has 0 spiro atoms. The Morgan fingerprint density at radius 3 is 2.75 bits per heavy atom. The lowest BCUT2D eigenvalue weighted by molar-refractivity contribution is -0.143. The quantitative estimate of drug-likeness (QED) is 0.476. The van der Waals surface area contributed by atoms with Crippen molar-refractivity contribution in [3.8, 4) is 0 Å². The van der Waals surface area contributed by atoms with Crippen molar-refractivity contribution in [3.63, 3.8) is 0 Å². The Kier molecular flexibility index (Phi) is 11.1. The van der Waals surface area contributed by atoms with Gasteiger partial charge in [0.25, 0.3) is 0 Å².